The molecule has 1 aromatic carbocycles. The van der Waals surface area contributed by atoms with Crippen molar-refractivity contribution in [2.45, 2.75) is 32.8 Å². The molecule has 0 unspecified atom stereocenters. The van der Waals surface area contributed by atoms with E-state index >= 15 is 0 Å². The van der Waals surface area contributed by atoms with Crippen molar-refractivity contribution in [1.29, 1.82) is 0 Å². The van der Waals surface area contributed by atoms with Crippen LogP contribution >= 0.6 is 0 Å². The van der Waals surface area contributed by atoms with E-state index in [0.717, 1.165) is 5.56 Å². The minimum atomic E-state index is -0.438. The molecule has 0 atom stereocenters. The summed E-state index contributed by atoms with van der Waals surface area (Å²) in [5.41, 5.74) is 1.36. The van der Waals surface area contributed by atoms with Gasteiger partial charge in [0.05, 0.1) is 12.1 Å². The third-order valence-electron chi connectivity index (χ3n) is 3.25. The zero-order chi connectivity index (χ0) is 16.9. The van der Waals surface area contributed by atoms with Crippen LogP contribution in [0.2, 0.25) is 0 Å². The number of carbonyl (C=O) groups is 1. The van der Waals surface area contributed by atoms with E-state index in [-0.39, 0.29) is 24.8 Å². The van der Waals surface area contributed by atoms with E-state index in [1.54, 1.807) is 0 Å². The van der Waals surface area contributed by atoms with Crippen LogP contribution in [-0.2, 0) is 22.6 Å². The van der Waals surface area contributed by atoms with Gasteiger partial charge in [0.2, 0.25) is 5.89 Å². The Morgan fingerprint density at radius 1 is 1.21 bits per heavy atom. The lowest BCUT2D eigenvalue weighted by atomic mass is 10.2. The summed E-state index contributed by atoms with van der Waals surface area (Å²) in [5, 5.41) is 3.81. The summed E-state index contributed by atoms with van der Waals surface area (Å²) < 4.78 is 15.5. The van der Waals surface area contributed by atoms with Crippen LogP contribution < -0.4 is 0 Å². The second-order valence-corrected chi connectivity index (χ2v) is 5.55. The van der Waals surface area contributed by atoms with Gasteiger partial charge in [-0.15, -0.1) is 0 Å². The maximum absolute atomic E-state index is 11.9. The number of nitrogens with zero attached hydrogens (tertiary/aromatic N) is 3. The summed E-state index contributed by atoms with van der Waals surface area (Å²) in [6.45, 7) is 3.85. The Balaban J connectivity index is 1.54. The Morgan fingerprint density at radius 2 is 2.00 bits per heavy atom. The first kappa shape index (κ1) is 15.9. The van der Waals surface area contributed by atoms with E-state index in [2.05, 4.69) is 15.1 Å². The summed E-state index contributed by atoms with van der Waals surface area (Å²) >= 11 is 0. The average molecular weight is 327 g/mol. The zero-order valence-electron chi connectivity index (χ0n) is 13.4. The molecule has 0 aliphatic heterocycles. The minimum absolute atomic E-state index is 0.0154. The molecular formula is C17H17N3O4. The summed E-state index contributed by atoms with van der Waals surface area (Å²) in [7, 11) is 0. The Hall–Kier alpha value is -2.96. The summed E-state index contributed by atoms with van der Waals surface area (Å²) in [6.07, 6.45) is 1.47. The van der Waals surface area contributed by atoms with E-state index in [9.17, 15) is 4.79 Å². The van der Waals surface area contributed by atoms with Crippen LogP contribution in [0.1, 0.15) is 37.2 Å². The quantitative estimate of drug-likeness (QED) is 0.642. The fourth-order valence-electron chi connectivity index (χ4n) is 2.00. The van der Waals surface area contributed by atoms with E-state index in [1.807, 2.05) is 44.2 Å². The summed E-state index contributed by atoms with van der Waals surface area (Å²) in [6, 6.07) is 9.46. The molecule has 0 saturated carbocycles. The van der Waals surface area contributed by atoms with Crippen molar-refractivity contribution in [3.8, 4) is 11.5 Å². The van der Waals surface area contributed by atoms with E-state index in [0.29, 0.717) is 17.4 Å². The third kappa shape index (κ3) is 3.87. The van der Waals surface area contributed by atoms with Gasteiger partial charge in [-0.05, 0) is 12.1 Å². The van der Waals surface area contributed by atoms with Crippen molar-refractivity contribution in [2.24, 2.45) is 0 Å². The van der Waals surface area contributed by atoms with Gasteiger partial charge in [-0.25, -0.2) is 4.98 Å². The van der Waals surface area contributed by atoms with Crippen molar-refractivity contribution in [2.75, 3.05) is 0 Å². The second-order valence-electron chi connectivity index (χ2n) is 5.55. The highest BCUT2D eigenvalue weighted by molar-refractivity contribution is 5.72. The molecule has 0 spiro atoms. The first-order valence-electron chi connectivity index (χ1n) is 7.59. The van der Waals surface area contributed by atoms with Gasteiger partial charge in [0, 0.05) is 11.5 Å². The van der Waals surface area contributed by atoms with Crippen molar-refractivity contribution in [3.63, 3.8) is 0 Å². The molecule has 0 fully saturated rings. The lowest BCUT2D eigenvalue weighted by molar-refractivity contribution is -0.145. The molecule has 0 bridgehead atoms. The molecule has 7 nitrogen and oxygen atoms in total. The van der Waals surface area contributed by atoms with Crippen LogP contribution in [-0.4, -0.2) is 21.1 Å². The first-order valence-corrected chi connectivity index (χ1v) is 7.59. The van der Waals surface area contributed by atoms with Crippen molar-refractivity contribution >= 4 is 5.97 Å². The average Bonchev–Trinajstić information content (AvgIpc) is 3.23. The molecule has 124 valence electrons. The van der Waals surface area contributed by atoms with Gasteiger partial charge >= 0.3 is 5.97 Å². The second kappa shape index (κ2) is 7.08. The van der Waals surface area contributed by atoms with E-state index in [1.165, 1.54) is 6.26 Å². The largest absolute Gasteiger partial charge is 0.455 e. The number of hydrogen-bond acceptors (Lipinski definition) is 7. The molecule has 2 aromatic heterocycles. The lowest BCUT2D eigenvalue weighted by Crippen LogP contribution is -2.08. The van der Waals surface area contributed by atoms with E-state index in [4.69, 9.17) is 13.7 Å². The number of rotatable bonds is 6. The standard InChI is InChI=1S/C17H17N3O4/c1-11(2)16-19-14(24-20-16)10-22-15(21)8-13-9-23-17(18-13)12-6-4-3-5-7-12/h3-7,9,11H,8,10H2,1-2H3. The van der Waals surface area contributed by atoms with E-state index < -0.39 is 5.97 Å². The van der Waals surface area contributed by atoms with Gasteiger partial charge in [-0.1, -0.05) is 37.2 Å². The normalized spacial score (nSPS) is 11.0. The summed E-state index contributed by atoms with van der Waals surface area (Å²) in [4.78, 5) is 20.3. The minimum Gasteiger partial charge on any atom is -0.455 e. The maximum Gasteiger partial charge on any atom is 0.312 e. The van der Waals surface area contributed by atoms with Crippen molar-refractivity contribution < 1.29 is 18.5 Å². The predicted octanol–water partition coefficient (Wildman–Crippen LogP) is 3.13. The maximum atomic E-state index is 11.9. The number of hydrogen-bond donors (Lipinski definition) is 0. The molecule has 0 aliphatic carbocycles. The Kier molecular flexibility index (Phi) is 4.69. The lowest BCUT2D eigenvalue weighted by Gasteiger charge is -1.99. The van der Waals surface area contributed by atoms with Crippen molar-refractivity contribution in [1.82, 2.24) is 15.1 Å². The molecule has 0 N–H and O–H groups in total. The fourth-order valence-corrected chi connectivity index (χ4v) is 2.00. The molecule has 7 heteroatoms. The van der Waals surface area contributed by atoms with Crippen LogP contribution in [0.25, 0.3) is 11.5 Å². The van der Waals surface area contributed by atoms with Gasteiger partial charge in [-0.3, -0.25) is 4.79 Å². The highest BCUT2D eigenvalue weighted by Gasteiger charge is 2.14. The number of esters is 1. The monoisotopic (exact) mass is 327 g/mol. The number of aromatic nitrogens is 3. The number of carbonyl (C=O) groups excluding carboxylic acids is 1. The van der Waals surface area contributed by atoms with Gasteiger partial charge in [-0.2, -0.15) is 4.98 Å². The predicted molar refractivity (Wildman–Crippen MR) is 83.8 cm³/mol. The molecule has 0 amide bonds. The molecule has 0 radical (unpaired) electrons. The third-order valence-corrected chi connectivity index (χ3v) is 3.25. The van der Waals surface area contributed by atoms with Crippen LogP contribution in [0.3, 0.4) is 0 Å². The molecule has 0 aliphatic rings. The fraction of sp³-hybridized carbons (Fsp3) is 0.294. The Morgan fingerprint density at radius 3 is 2.71 bits per heavy atom. The number of oxazole rings is 1. The van der Waals surface area contributed by atoms with Gasteiger partial charge < -0.3 is 13.7 Å². The highest BCUT2D eigenvalue weighted by Crippen LogP contribution is 2.18. The smallest absolute Gasteiger partial charge is 0.312 e. The van der Waals surface area contributed by atoms with Gasteiger partial charge in [0.1, 0.15) is 6.26 Å². The van der Waals surface area contributed by atoms with Gasteiger partial charge in [0.15, 0.2) is 12.4 Å². The van der Waals surface area contributed by atoms with Crippen LogP contribution in [0.15, 0.2) is 45.5 Å². The molecule has 24 heavy (non-hydrogen) atoms. The highest BCUT2D eigenvalue weighted by atomic mass is 16.6. The Labute approximate surface area is 138 Å². The topological polar surface area (TPSA) is 91.2 Å². The summed E-state index contributed by atoms with van der Waals surface area (Å²) in [5.74, 6) is 1.05. The molecular weight excluding hydrogens is 310 g/mol. The molecule has 0 saturated heterocycles. The van der Waals surface area contributed by atoms with Crippen LogP contribution in [0, 0.1) is 0 Å². The number of benzene rings is 1. The first-order chi connectivity index (χ1) is 11.6. The molecule has 2 heterocycles. The molecule has 3 aromatic rings. The van der Waals surface area contributed by atoms with Crippen LogP contribution in [0.5, 0.6) is 0 Å². The van der Waals surface area contributed by atoms with Crippen molar-refractivity contribution in [3.05, 3.63) is 54.0 Å². The van der Waals surface area contributed by atoms with Gasteiger partial charge in [0.25, 0.3) is 5.89 Å². The van der Waals surface area contributed by atoms with Crippen LogP contribution in [0.4, 0.5) is 0 Å². The molecule has 3 rings (SSSR count). The number of ether oxygens (including phenoxy) is 1. The Bertz CT molecular complexity index is 808. The zero-order valence-corrected chi connectivity index (χ0v) is 13.4. The SMILES string of the molecule is CC(C)c1noc(COC(=O)Cc2coc(-c3ccccc3)n2)n1.